The molecule has 1 aliphatic rings. The van der Waals surface area contributed by atoms with Crippen LogP contribution in [0.1, 0.15) is 328 Å². The number of esters is 1. The van der Waals surface area contributed by atoms with Gasteiger partial charge in [-0.2, -0.15) is 0 Å². The quantitative estimate of drug-likeness (QED) is 0.0195. The van der Waals surface area contributed by atoms with Crippen LogP contribution in [0.15, 0.2) is 72.9 Å². The Morgan fingerprint density at radius 3 is 1.28 bits per heavy atom. The van der Waals surface area contributed by atoms with E-state index >= 15 is 0 Å². The van der Waals surface area contributed by atoms with E-state index in [-0.39, 0.29) is 18.5 Å². The molecule has 1 aliphatic heterocycles. The van der Waals surface area contributed by atoms with Crippen LogP contribution in [0, 0.1) is 0 Å². The Hall–Kier alpha value is -2.90. The number of carbonyl (C=O) groups is 2. The summed E-state index contributed by atoms with van der Waals surface area (Å²) in [5.74, 6) is -0.198. The Labute approximate surface area is 528 Å². The van der Waals surface area contributed by atoms with Crippen LogP contribution in [0.5, 0.6) is 0 Å². The molecule has 0 aliphatic carbocycles. The Kier molecular flexibility index (Phi) is 60.0. The van der Waals surface area contributed by atoms with Crippen LogP contribution in [0.3, 0.4) is 0 Å². The van der Waals surface area contributed by atoms with Gasteiger partial charge in [0.05, 0.1) is 32.0 Å². The fourth-order valence-corrected chi connectivity index (χ4v) is 11.1. The fourth-order valence-electron chi connectivity index (χ4n) is 11.1. The predicted octanol–water partition coefficient (Wildman–Crippen LogP) is 18.7. The van der Waals surface area contributed by atoms with Gasteiger partial charge in [-0.25, -0.2) is 0 Å². The van der Waals surface area contributed by atoms with Crippen molar-refractivity contribution in [3.8, 4) is 0 Å². The molecular weight excluding hydrogens is 1070 g/mol. The maximum absolute atomic E-state index is 13.0. The van der Waals surface area contributed by atoms with Crippen molar-refractivity contribution < 1.29 is 49.3 Å². The lowest BCUT2D eigenvalue weighted by Crippen LogP contribution is -2.60. The van der Waals surface area contributed by atoms with Crippen molar-refractivity contribution in [3.63, 3.8) is 0 Å². The number of nitrogens with one attached hydrogen (secondary N) is 1. The Balaban J connectivity index is 1.93. The SMILES string of the molecule is CC/C=C/CC/C=C/CC/C=C/C(O)C(COC1OC(CO)C(O)C(O)C1O)NC(=O)CCCCCCCCCCCCCCC/C=C\C/C=C\CCCCCCCCCCCOC(=O)CCCCCCCCCCC/C=C\CCCCCCCC. The van der Waals surface area contributed by atoms with E-state index in [0.717, 1.165) is 77.0 Å². The molecule has 7 atom stereocenters. The highest BCUT2D eigenvalue weighted by Crippen LogP contribution is 2.23. The normalized spacial score (nSPS) is 18.3. The first-order valence-corrected chi connectivity index (χ1v) is 36.2. The first kappa shape index (κ1) is 81.1. The number of hydrogen-bond acceptors (Lipinski definition) is 10. The van der Waals surface area contributed by atoms with E-state index < -0.39 is 49.5 Å². The van der Waals surface area contributed by atoms with Gasteiger partial charge in [-0.05, 0) is 109 Å². The number of aliphatic hydroxyl groups excluding tert-OH is 5. The number of amides is 1. The zero-order valence-corrected chi connectivity index (χ0v) is 55.5. The molecule has 1 fully saturated rings. The van der Waals surface area contributed by atoms with Gasteiger partial charge in [0.1, 0.15) is 24.4 Å². The number of aliphatic hydroxyl groups is 5. The summed E-state index contributed by atoms with van der Waals surface area (Å²) in [6, 6.07) is -0.836. The van der Waals surface area contributed by atoms with E-state index in [0.29, 0.717) is 19.4 Å². The van der Waals surface area contributed by atoms with Gasteiger partial charge in [0.25, 0.3) is 0 Å². The molecule has 0 radical (unpaired) electrons. The lowest BCUT2D eigenvalue weighted by atomic mass is 9.99. The summed E-state index contributed by atoms with van der Waals surface area (Å²) < 4.78 is 16.7. The Morgan fingerprint density at radius 1 is 0.442 bits per heavy atom. The molecule has 0 bridgehead atoms. The van der Waals surface area contributed by atoms with Crippen molar-refractivity contribution in [2.24, 2.45) is 0 Å². The molecule has 86 heavy (non-hydrogen) atoms. The number of carbonyl (C=O) groups excluding carboxylic acids is 2. The largest absolute Gasteiger partial charge is 0.466 e. The molecule has 6 N–H and O–H groups in total. The third-order valence-corrected chi connectivity index (χ3v) is 16.8. The smallest absolute Gasteiger partial charge is 0.305 e. The lowest BCUT2D eigenvalue weighted by molar-refractivity contribution is -0.302. The number of rotatable bonds is 63. The van der Waals surface area contributed by atoms with Crippen LogP contribution in [-0.2, 0) is 23.8 Å². The first-order chi connectivity index (χ1) is 42.2. The van der Waals surface area contributed by atoms with Gasteiger partial charge in [0, 0.05) is 12.8 Å². The number of unbranched alkanes of at least 4 members (excludes halogenated alkanes) is 39. The molecule has 1 heterocycles. The molecule has 1 saturated heterocycles. The van der Waals surface area contributed by atoms with Crippen LogP contribution >= 0.6 is 0 Å². The van der Waals surface area contributed by atoms with Crippen molar-refractivity contribution in [1.29, 1.82) is 0 Å². The second-order valence-corrected chi connectivity index (χ2v) is 24.9. The zero-order valence-electron chi connectivity index (χ0n) is 55.5. The Morgan fingerprint density at radius 2 is 0.826 bits per heavy atom. The molecule has 1 amide bonds. The van der Waals surface area contributed by atoms with Crippen LogP contribution in [0.25, 0.3) is 0 Å². The highest BCUT2D eigenvalue weighted by Gasteiger charge is 2.44. The van der Waals surface area contributed by atoms with Crippen molar-refractivity contribution in [2.45, 2.75) is 371 Å². The van der Waals surface area contributed by atoms with Crippen LogP contribution in [0.4, 0.5) is 0 Å². The van der Waals surface area contributed by atoms with Gasteiger partial charge in [0.15, 0.2) is 6.29 Å². The summed E-state index contributed by atoms with van der Waals surface area (Å²) in [4.78, 5) is 25.1. The van der Waals surface area contributed by atoms with E-state index in [1.165, 1.54) is 225 Å². The first-order valence-electron chi connectivity index (χ1n) is 36.2. The minimum absolute atomic E-state index is 0.00208. The summed E-state index contributed by atoms with van der Waals surface area (Å²) in [5.41, 5.74) is 0. The molecule has 0 aromatic carbocycles. The lowest BCUT2D eigenvalue weighted by Gasteiger charge is -2.40. The minimum atomic E-state index is -1.58. The molecule has 0 spiro atoms. The molecule has 11 heteroatoms. The third-order valence-electron chi connectivity index (χ3n) is 16.8. The topological polar surface area (TPSA) is 175 Å². The van der Waals surface area contributed by atoms with Crippen LogP contribution < -0.4 is 5.32 Å². The van der Waals surface area contributed by atoms with Gasteiger partial charge in [-0.1, -0.05) is 279 Å². The van der Waals surface area contributed by atoms with Crippen molar-refractivity contribution >= 4 is 11.9 Å². The van der Waals surface area contributed by atoms with Crippen molar-refractivity contribution in [2.75, 3.05) is 19.8 Å². The summed E-state index contributed by atoms with van der Waals surface area (Å²) in [7, 11) is 0. The van der Waals surface area contributed by atoms with Crippen LogP contribution in [0.2, 0.25) is 0 Å². The summed E-state index contributed by atoms with van der Waals surface area (Å²) in [6.07, 6.45) is 76.3. The number of ether oxygens (including phenoxy) is 3. The molecule has 0 aromatic rings. The highest BCUT2D eigenvalue weighted by atomic mass is 16.7. The Bertz CT molecular complexity index is 1660. The van der Waals surface area contributed by atoms with Gasteiger partial charge in [0.2, 0.25) is 5.91 Å². The molecule has 7 unspecified atom stereocenters. The van der Waals surface area contributed by atoms with Gasteiger partial charge in [-0.3, -0.25) is 9.59 Å². The van der Waals surface area contributed by atoms with E-state index in [1.54, 1.807) is 6.08 Å². The van der Waals surface area contributed by atoms with Crippen LogP contribution in [-0.4, -0.2) is 100 Å². The van der Waals surface area contributed by atoms with Gasteiger partial charge in [-0.15, -0.1) is 0 Å². The standard InChI is InChI=1S/C75H135NO10/c1-3-5-7-9-11-13-15-16-17-18-30-34-37-40-43-47-51-55-59-63-71(80)84-64-60-56-52-48-44-41-38-35-32-29-27-25-23-21-19-20-22-24-26-28-31-33-36-39-42-46-50-54-58-62-70(79)76-67(66-85-75-74(83)73(82)72(81)69(65-77)86-75)68(78)61-57-53-49-45-14-12-10-8-6-4-2/h6,8,14,16-17,19,21,25,27,45,57,61,67-69,72-75,77-78,81-83H,3-5,7,9-13,15,18,20,22-24,26,28-44,46-56,58-60,62-66H2,1-2H3,(H,76,79)/b8-6+,17-16-,21-19-,27-25-,45-14+,61-57+. The van der Waals surface area contributed by atoms with Gasteiger partial charge >= 0.3 is 5.97 Å². The maximum Gasteiger partial charge on any atom is 0.305 e. The summed E-state index contributed by atoms with van der Waals surface area (Å²) in [6.45, 7) is 4.21. The minimum Gasteiger partial charge on any atom is -0.466 e. The average molecular weight is 1210 g/mol. The molecule has 0 aromatic heterocycles. The summed E-state index contributed by atoms with van der Waals surface area (Å²) in [5, 5.41) is 54.3. The third kappa shape index (κ3) is 51.9. The van der Waals surface area contributed by atoms with Crippen molar-refractivity contribution in [3.05, 3.63) is 72.9 Å². The van der Waals surface area contributed by atoms with E-state index in [4.69, 9.17) is 14.2 Å². The second kappa shape index (κ2) is 63.7. The molecule has 0 saturated carbocycles. The fraction of sp³-hybridized carbons (Fsp3) is 0.813. The zero-order chi connectivity index (χ0) is 62.3. The summed E-state index contributed by atoms with van der Waals surface area (Å²) >= 11 is 0. The van der Waals surface area contributed by atoms with E-state index in [9.17, 15) is 35.1 Å². The average Bonchev–Trinajstić information content (AvgIpc) is 3.64. The molecule has 500 valence electrons. The number of hydrogen-bond donors (Lipinski definition) is 6. The monoisotopic (exact) mass is 1210 g/mol. The van der Waals surface area contributed by atoms with Gasteiger partial charge < -0.3 is 45.1 Å². The van der Waals surface area contributed by atoms with Crippen molar-refractivity contribution in [1.82, 2.24) is 5.32 Å². The molecular formula is C75H135NO10. The predicted molar refractivity (Wildman–Crippen MR) is 361 cm³/mol. The molecule has 1 rings (SSSR count). The highest BCUT2D eigenvalue weighted by molar-refractivity contribution is 5.76. The maximum atomic E-state index is 13.0. The second-order valence-electron chi connectivity index (χ2n) is 24.9. The van der Waals surface area contributed by atoms with E-state index in [1.807, 2.05) is 6.08 Å². The van der Waals surface area contributed by atoms with E-state index in [2.05, 4.69) is 79.9 Å². The molecule has 11 nitrogen and oxygen atoms in total. The number of allylic oxidation sites excluding steroid dienone is 11.